The van der Waals surface area contributed by atoms with Gasteiger partial charge in [0.05, 0.1) is 36.7 Å². The monoisotopic (exact) mass is 462 g/mol. The quantitative estimate of drug-likeness (QED) is 0.278. The van der Waals surface area contributed by atoms with Gasteiger partial charge >= 0.3 is 5.97 Å². The predicted octanol–water partition coefficient (Wildman–Crippen LogP) is 2.15. The Morgan fingerprint density at radius 1 is 1.21 bits per heavy atom. The second kappa shape index (κ2) is 7.62. The molecule has 0 aromatic heterocycles. The maximum Gasteiger partial charge on any atom is 0.343 e. The zero-order valence-corrected chi connectivity index (χ0v) is 17.4. The number of carbonyl (C=O) groups excluding carboxylic acids is 3. The van der Waals surface area contributed by atoms with Crippen LogP contribution in [0.4, 0.5) is 0 Å². The molecule has 2 fully saturated rings. The lowest BCUT2D eigenvalue weighted by Gasteiger charge is -2.13. The van der Waals surface area contributed by atoms with Crippen molar-refractivity contribution in [2.24, 2.45) is 28.8 Å². The van der Waals surface area contributed by atoms with Gasteiger partial charge in [-0.25, -0.2) is 4.79 Å². The molecule has 29 heavy (non-hydrogen) atoms. The number of hydrogen-bond acceptors (Lipinski definition) is 7. The lowest BCUT2D eigenvalue weighted by Crippen LogP contribution is -2.28. The average molecular weight is 463 g/mol. The van der Waals surface area contributed by atoms with Crippen molar-refractivity contribution in [1.29, 1.82) is 0 Å². The van der Waals surface area contributed by atoms with Crippen LogP contribution in [-0.2, 0) is 19.1 Å². The Bertz CT molecular complexity index is 913. The Morgan fingerprint density at radius 2 is 1.86 bits per heavy atom. The number of fused-ring (bicyclic) bond motifs is 5. The Morgan fingerprint density at radius 3 is 2.45 bits per heavy atom. The number of amides is 2. The fourth-order valence-corrected chi connectivity index (χ4v) is 4.84. The highest BCUT2D eigenvalue weighted by Gasteiger charge is 2.59. The van der Waals surface area contributed by atoms with E-state index in [1.165, 1.54) is 20.4 Å². The van der Waals surface area contributed by atoms with Gasteiger partial charge in [0.1, 0.15) is 0 Å². The molecule has 0 spiro atoms. The summed E-state index contributed by atoms with van der Waals surface area (Å²) < 4.78 is 15.9. The summed E-state index contributed by atoms with van der Waals surface area (Å²) in [5, 5.41) is 5.15. The van der Waals surface area contributed by atoms with Gasteiger partial charge in [-0.2, -0.15) is 10.1 Å². The van der Waals surface area contributed by atoms with Crippen LogP contribution < -0.4 is 9.47 Å². The van der Waals surface area contributed by atoms with E-state index in [0.717, 1.165) is 11.4 Å². The summed E-state index contributed by atoms with van der Waals surface area (Å²) in [6.45, 7) is -0.269. The first-order valence-electron chi connectivity index (χ1n) is 9.12. The van der Waals surface area contributed by atoms with Gasteiger partial charge < -0.3 is 14.2 Å². The maximum atomic E-state index is 12.7. The van der Waals surface area contributed by atoms with Crippen molar-refractivity contribution < 1.29 is 28.6 Å². The number of imide groups is 1. The van der Waals surface area contributed by atoms with E-state index in [1.807, 2.05) is 12.2 Å². The van der Waals surface area contributed by atoms with Crippen molar-refractivity contribution in [2.45, 2.75) is 6.42 Å². The minimum absolute atomic E-state index is 0.141. The van der Waals surface area contributed by atoms with Crippen LogP contribution in [0.3, 0.4) is 0 Å². The number of rotatable bonds is 6. The van der Waals surface area contributed by atoms with Crippen molar-refractivity contribution in [3.8, 4) is 11.5 Å². The molecule has 1 aromatic carbocycles. The standard InChI is InChI=1S/C20H19BrN2O6/c1-27-14-6-10(5-13(21)18(14)29-9-15(24)28-2)8-22-23-19(25)16-11-3-4-12(7-11)17(16)20(23)26/h3-6,8,11-12,16-17H,7,9H2,1-2H3/t11-,12-,16-,17+/m0/s1. The molecule has 2 bridgehead atoms. The molecule has 4 rings (SSSR count). The number of esters is 1. The van der Waals surface area contributed by atoms with Crippen LogP contribution >= 0.6 is 15.9 Å². The summed E-state index contributed by atoms with van der Waals surface area (Å²) in [5.74, 6) is -0.596. The topological polar surface area (TPSA) is 94.5 Å². The van der Waals surface area contributed by atoms with Crippen molar-refractivity contribution in [3.63, 3.8) is 0 Å². The number of ether oxygens (including phenoxy) is 3. The van der Waals surface area contributed by atoms with Gasteiger partial charge in [0.25, 0.3) is 11.8 Å². The van der Waals surface area contributed by atoms with E-state index in [1.54, 1.807) is 12.1 Å². The van der Waals surface area contributed by atoms with Crippen molar-refractivity contribution in [3.05, 3.63) is 34.3 Å². The minimum Gasteiger partial charge on any atom is -0.493 e. The fourth-order valence-electron chi connectivity index (χ4n) is 4.27. The first-order valence-corrected chi connectivity index (χ1v) is 9.91. The van der Waals surface area contributed by atoms with Crippen LogP contribution in [0, 0.1) is 23.7 Å². The first-order chi connectivity index (χ1) is 13.9. The van der Waals surface area contributed by atoms with Gasteiger partial charge in [0, 0.05) is 0 Å². The van der Waals surface area contributed by atoms with Crippen LogP contribution in [-0.4, -0.2) is 49.8 Å². The minimum atomic E-state index is -0.523. The summed E-state index contributed by atoms with van der Waals surface area (Å²) in [5.41, 5.74) is 0.595. The normalized spacial score (nSPS) is 27.1. The van der Waals surface area contributed by atoms with Crippen molar-refractivity contribution in [2.75, 3.05) is 20.8 Å². The smallest absolute Gasteiger partial charge is 0.343 e. The van der Waals surface area contributed by atoms with E-state index in [4.69, 9.17) is 9.47 Å². The molecule has 1 aliphatic heterocycles. The van der Waals surface area contributed by atoms with E-state index < -0.39 is 5.97 Å². The molecule has 9 heteroatoms. The molecule has 2 aliphatic carbocycles. The third kappa shape index (κ3) is 3.33. The summed E-state index contributed by atoms with van der Waals surface area (Å²) in [4.78, 5) is 36.7. The van der Waals surface area contributed by atoms with Gasteiger partial charge in [0.15, 0.2) is 18.1 Å². The van der Waals surface area contributed by atoms with E-state index >= 15 is 0 Å². The van der Waals surface area contributed by atoms with E-state index in [0.29, 0.717) is 21.5 Å². The highest BCUT2D eigenvalue weighted by atomic mass is 79.9. The Balaban J connectivity index is 1.53. The number of hydrazone groups is 1. The molecule has 2 amide bonds. The fraction of sp³-hybridized carbons (Fsp3) is 0.400. The molecule has 4 atom stereocenters. The summed E-state index contributed by atoms with van der Waals surface area (Å²) in [7, 11) is 2.74. The van der Waals surface area contributed by atoms with Gasteiger partial charge in [-0.05, 0) is 51.9 Å². The molecular weight excluding hydrogens is 444 g/mol. The highest BCUT2D eigenvalue weighted by molar-refractivity contribution is 9.10. The van der Waals surface area contributed by atoms with Gasteiger partial charge in [0.2, 0.25) is 0 Å². The molecule has 1 heterocycles. The zero-order chi connectivity index (χ0) is 20.7. The van der Waals surface area contributed by atoms with Crippen LogP contribution in [0.5, 0.6) is 11.5 Å². The maximum absolute atomic E-state index is 12.7. The number of halogens is 1. The molecule has 1 saturated carbocycles. The largest absolute Gasteiger partial charge is 0.493 e. The van der Waals surface area contributed by atoms with Crippen LogP contribution in [0.2, 0.25) is 0 Å². The molecule has 1 aromatic rings. The van der Waals surface area contributed by atoms with Crippen molar-refractivity contribution >= 4 is 39.9 Å². The van der Waals surface area contributed by atoms with Gasteiger partial charge in [-0.3, -0.25) is 9.59 Å². The summed E-state index contributed by atoms with van der Waals surface area (Å²) in [6, 6.07) is 3.33. The molecule has 3 aliphatic rings. The molecule has 152 valence electrons. The molecule has 0 unspecified atom stereocenters. The average Bonchev–Trinajstić information content (AvgIpc) is 3.39. The summed E-state index contributed by atoms with van der Waals surface area (Å²) in [6.07, 6.45) is 6.39. The van der Waals surface area contributed by atoms with Gasteiger partial charge in [-0.1, -0.05) is 12.2 Å². The second-order valence-electron chi connectivity index (χ2n) is 7.13. The predicted molar refractivity (Wildman–Crippen MR) is 105 cm³/mol. The Hall–Kier alpha value is -2.68. The molecular formula is C20H19BrN2O6. The highest BCUT2D eigenvalue weighted by Crippen LogP contribution is 2.52. The lowest BCUT2D eigenvalue weighted by atomic mass is 9.85. The van der Waals surface area contributed by atoms with Crippen LogP contribution in [0.1, 0.15) is 12.0 Å². The van der Waals surface area contributed by atoms with E-state index in [2.05, 4.69) is 25.8 Å². The second-order valence-corrected chi connectivity index (χ2v) is 7.99. The Kier molecular flexibility index (Phi) is 5.16. The first kappa shape index (κ1) is 19.6. The SMILES string of the molecule is COC(=O)COc1c(Br)cc(C=NN2C(=O)[C@@H]3[C@H](C2=O)[C@H]2C=C[C@H]3C2)cc1OC. The number of hydrogen-bond donors (Lipinski definition) is 0. The van der Waals surface area contributed by atoms with Crippen LogP contribution in [0.25, 0.3) is 0 Å². The number of allylic oxidation sites excluding steroid dienone is 2. The lowest BCUT2D eigenvalue weighted by molar-refractivity contribution is -0.143. The molecule has 0 N–H and O–H groups in total. The number of carbonyl (C=O) groups is 3. The van der Waals surface area contributed by atoms with Crippen molar-refractivity contribution in [1.82, 2.24) is 5.01 Å². The number of benzene rings is 1. The molecule has 0 radical (unpaired) electrons. The van der Waals surface area contributed by atoms with Gasteiger partial charge in [-0.15, -0.1) is 0 Å². The zero-order valence-electron chi connectivity index (χ0n) is 15.8. The molecule has 8 nitrogen and oxygen atoms in total. The van der Waals surface area contributed by atoms with Crippen LogP contribution in [0.15, 0.2) is 33.9 Å². The third-order valence-corrected chi connectivity index (χ3v) is 6.17. The molecule has 1 saturated heterocycles. The number of methoxy groups -OCH3 is 2. The van der Waals surface area contributed by atoms with E-state index in [-0.39, 0.29) is 42.1 Å². The summed E-state index contributed by atoms with van der Waals surface area (Å²) >= 11 is 3.38. The Labute approximate surface area is 175 Å². The number of nitrogens with zero attached hydrogens (tertiary/aromatic N) is 2. The third-order valence-electron chi connectivity index (χ3n) is 5.58. The van der Waals surface area contributed by atoms with E-state index in [9.17, 15) is 14.4 Å².